The Hall–Kier alpha value is -2.30. The molecule has 0 atom stereocenters. The van der Waals surface area contributed by atoms with Crippen LogP contribution in [0.25, 0.3) is 0 Å². The average molecular weight is 316 g/mol. The summed E-state index contributed by atoms with van der Waals surface area (Å²) in [5.41, 5.74) is 3.11. The van der Waals surface area contributed by atoms with E-state index >= 15 is 0 Å². The van der Waals surface area contributed by atoms with E-state index in [9.17, 15) is 4.79 Å². The van der Waals surface area contributed by atoms with Crippen LogP contribution in [0.3, 0.4) is 0 Å². The quantitative estimate of drug-likeness (QED) is 0.885. The molecule has 5 heteroatoms. The number of aromatic nitrogens is 1. The first kappa shape index (κ1) is 17.1. The van der Waals surface area contributed by atoms with Gasteiger partial charge in [0.15, 0.2) is 5.69 Å². The highest BCUT2D eigenvalue weighted by molar-refractivity contribution is 5.93. The Morgan fingerprint density at radius 2 is 1.91 bits per heavy atom. The van der Waals surface area contributed by atoms with Crippen LogP contribution in [0.4, 0.5) is 0 Å². The van der Waals surface area contributed by atoms with Crippen molar-refractivity contribution in [3.8, 4) is 5.75 Å². The van der Waals surface area contributed by atoms with E-state index in [-0.39, 0.29) is 12.5 Å². The molecule has 2 rings (SSSR count). The van der Waals surface area contributed by atoms with E-state index in [0.717, 1.165) is 16.9 Å². The summed E-state index contributed by atoms with van der Waals surface area (Å²) >= 11 is 0. The van der Waals surface area contributed by atoms with Gasteiger partial charge in [-0.25, -0.2) is 0 Å². The molecule has 0 fully saturated rings. The van der Waals surface area contributed by atoms with Gasteiger partial charge in [-0.05, 0) is 37.8 Å². The molecule has 0 unspecified atom stereocenters. The molecule has 0 spiro atoms. The second-order valence-electron chi connectivity index (χ2n) is 6.18. The Bertz CT molecular complexity index is 669. The molecule has 124 valence electrons. The van der Waals surface area contributed by atoms with E-state index in [1.165, 1.54) is 0 Å². The van der Waals surface area contributed by atoms with Crippen LogP contribution in [-0.2, 0) is 6.61 Å². The summed E-state index contributed by atoms with van der Waals surface area (Å²) in [5, 5.41) is 6.74. The third-order valence-electron chi connectivity index (χ3n) is 3.64. The van der Waals surface area contributed by atoms with Crippen LogP contribution < -0.4 is 10.1 Å². The van der Waals surface area contributed by atoms with E-state index in [1.54, 1.807) is 6.92 Å². The molecule has 5 nitrogen and oxygen atoms in total. The van der Waals surface area contributed by atoms with E-state index < -0.39 is 0 Å². The minimum atomic E-state index is -0.226. The highest BCUT2D eigenvalue weighted by atomic mass is 16.5. The Kier molecular flexibility index (Phi) is 5.42. The van der Waals surface area contributed by atoms with Crippen molar-refractivity contribution in [1.29, 1.82) is 0 Å². The molecule has 0 aliphatic heterocycles. The maximum Gasteiger partial charge on any atom is 0.273 e. The lowest BCUT2D eigenvalue weighted by Crippen LogP contribution is -2.28. The molecule has 0 saturated carbocycles. The SMILES string of the molecule is Cc1cccc(C)c1OCc1c(C(=O)NCC(C)C)noc1C. The van der Waals surface area contributed by atoms with Crippen molar-refractivity contribution >= 4 is 5.91 Å². The molecule has 2 aromatic rings. The summed E-state index contributed by atoms with van der Waals surface area (Å²) in [6.07, 6.45) is 0. The number of hydrogen-bond donors (Lipinski definition) is 1. The minimum Gasteiger partial charge on any atom is -0.488 e. The van der Waals surface area contributed by atoms with Crippen molar-refractivity contribution in [2.75, 3.05) is 6.54 Å². The molecule has 0 radical (unpaired) electrons. The van der Waals surface area contributed by atoms with Crippen LogP contribution in [-0.4, -0.2) is 17.6 Å². The van der Waals surface area contributed by atoms with Gasteiger partial charge in [-0.3, -0.25) is 4.79 Å². The molecular weight excluding hydrogens is 292 g/mol. The lowest BCUT2D eigenvalue weighted by Gasteiger charge is -2.12. The summed E-state index contributed by atoms with van der Waals surface area (Å²) in [6, 6.07) is 5.99. The first-order chi connectivity index (χ1) is 10.9. The normalized spacial score (nSPS) is 10.9. The van der Waals surface area contributed by atoms with Crippen molar-refractivity contribution in [3.63, 3.8) is 0 Å². The van der Waals surface area contributed by atoms with Gasteiger partial charge < -0.3 is 14.6 Å². The van der Waals surface area contributed by atoms with Gasteiger partial charge in [0.25, 0.3) is 5.91 Å². The number of carbonyl (C=O) groups is 1. The predicted molar refractivity (Wildman–Crippen MR) is 88.7 cm³/mol. The van der Waals surface area contributed by atoms with Crippen molar-refractivity contribution < 1.29 is 14.1 Å². The van der Waals surface area contributed by atoms with Crippen molar-refractivity contribution in [3.05, 3.63) is 46.3 Å². The minimum absolute atomic E-state index is 0.226. The molecule has 1 heterocycles. The summed E-state index contributed by atoms with van der Waals surface area (Å²) in [7, 11) is 0. The van der Waals surface area contributed by atoms with Crippen LogP contribution in [0.15, 0.2) is 22.7 Å². The number of para-hydroxylation sites is 1. The summed E-state index contributed by atoms with van der Waals surface area (Å²) in [5.74, 6) is 1.59. The largest absolute Gasteiger partial charge is 0.488 e. The Morgan fingerprint density at radius 3 is 2.52 bits per heavy atom. The maximum atomic E-state index is 12.2. The fourth-order valence-electron chi connectivity index (χ4n) is 2.29. The maximum absolute atomic E-state index is 12.2. The van der Waals surface area contributed by atoms with Gasteiger partial charge in [-0.15, -0.1) is 0 Å². The average Bonchev–Trinajstić information content (AvgIpc) is 2.85. The predicted octanol–water partition coefficient (Wildman–Crippen LogP) is 3.56. The van der Waals surface area contributed by atoms with E-state index in [0.29, 0.717) is 29.5 Å². The van der Waals surface area contributed by atoms with Gasteiger partial charge in [0, 0.05) is 6.54 Å². The Labute approximate surface area is 137 Å². The summed E-state index contributed by atoms with van der Waals surface area (Å²) in [6.45, 7) is 10.7. The van der Waals surface area contributed by atoms with Crippen molar-refractivity contribution in [2.24, 2.45) is 5.92 Å². The van der Waals surface area contributed by atoms with E-state index in [4.69, 9.17) is 9.26 Å². The van der Waals surface area contributed by atoms with Crippen molar-refractivity contribution in [2.45, 2.75) is 41.2 Å². The highest BCUT2D eigenvalue weighted by Crippen LogP contribution is 2.24. The van der Waals surface area contributed by atoms with Gasteiger partial charge in [-0.2, -0.15) is 0 Å². The number of hydrogen-bond acceptors (Lipinski definition) is 4. The van der Waals surface area contributed by atoms with Crippen LogP contribution >= 0.6 is 0 Å². The smallest absolute Gasteiger partial charge is 0.273 e. The molecule has 1 aromatic heterocycles. The number of ether oxygens (including phenoxy) is 1. The standard InChI is InChI=1S/C18H24N2O3/c1-11(2)9-19-18(21)16-15(14(5)23-20-16)10-22-17-12(3)7-6-8-13(17)4/h6-8,11H,9-10H2,1-5H3,(H,19,21). The van der Waals surface area contributed by atoms with E-state index in [1.807, 2.05) is 45.9 Å². The Balaban J connectivity index is 2.14. The number of aryl methyl sites for hydroxylation is 3. The summed E-state index contributed by atoms with van der Waals surface area (Å²) < 4.78 is 11.1. The van der Waals surface area contributed by atoms with Gasteiger partial charge in [0.05, 0.1) is 5.56 Å². The number of carbonyl (C=O) groups excluding carboxylic acids is 1. The topological polar surface area (TPSA) is 64.4 Å². The lowest BCUT2D eigenvalue weighted by molar-refractivity contribution is 0.0937. The monoisotopic (exact) mass is 316 g/mol. The highest BCUT2D eigenvalue weighted by Gasteiger charge is 2.20. The Morgan fingerprint density at radius 1 is 1.26 bits per heavy atom. The van der Waals surface area contributed by atoms with Gasteiger partial charge in [0.1, 0.15) is 18.1 Å². The number of benzene rings is 1. The molecular formula is C18H24N2O3. The molecule has 1 aromatic carbocycles. The van der Waals surface area contributed by atoms with Crippen molar-refractivity contribution in [1.82, 2.24) is 10.5 Å². The van der Waals surface area contributed by atoms with Gasteiger partial charge >= 0.3 is 0 Å². The third-order valence-corrected chi connectivity index (χ3v) is 3.64. The number of amides is 1. The molecule has 1 N–H and O–H groups in total. The van der Waals surface area contributed by atoms with Crippen LogP contribution in [0.5, 0.6) is 5.75 Å². The lowest BCUT2D eigenvalue weighted by atomic mass is 10.1. The first-order valence-corrected chi connectivity index (χ1v) is 7.82. The van der Waals surface area contributed by atoms with Crippen LogP contribution in [0.1, 0.15) is 46.8 Å². The zero-order valence-electron chi connectivity index (χ0n) is 14.4. The molecule has 23 heavy (non-hydrogen) atoms. The first-order valence-electron chi connectivity index (χ1n) is 7.82. The fourth-order valence-corrected chi connectivity index (χ4v) is 2.29. The number of nitrogens with one attached hydrogen (secondary N) is 1. The number of nitrogens with zero attached hydrogens (tertiary/aromatic N) is 1. The zero-order chi connectivity index (χ0) is 17.0. The summed E-state index contributed by atoms with van der Waals surface area (Å²) in [4.78, 5) is 12.2. The van der Waals surface area contributed by atoms with Crippen LogP contribution in [0, 0.1) is 26.7 Å². The molecule has 0 bridgehead atoms. The van der Waals surface area contributed by atoms with Gasteiger partial charge in [-0.1, -0.05) is 37.2 Å². The second kappa shape index (κ2) is 7.31. The molecule has 0 aliphatic carbocycles. The zero-order valence-corrected chi connectivity index (χ0v) is 14.4. The van der Waals surface area contributed by atoms with E-state index in [2.05, 4.69) is 10.5 Å². The fraction of sp³-hybridized carbons (Fsp3) is 0.444. The third kappa shape index (κ3) is 4.12. The molecule has 0 aliphatic rings. The molecule has 1 amide bonds. The second-order valence-corrected chi connectivity index (χ2v) is 6.18. The number of rotatable bonds is 6. The molecule has 0 saturated heterocycles. The van der Waals surface area contributed by atoms with Gasteiger partial charge in [0.2, 0.25) is 0 Å². The van der Waals surface area contributed by atoms with Crippen LogP contribution in [0.2, 0.25) is 0 Å².